The molecular weight excluding hydrogens is 186 g/mol. The van der Waals surface area contributed by atoms with Crippen LogP contribution >= 0.6 is 0 Å². The van der Waals surface area contributed by atoms with Gasteiger partial charge in [0.1, 0.15) is 5.82 Å². The Morgan fingerprint density at radius 3 is 3.14 bits per heavy atom. The number of nitrogens with one attached hydrogen (secondary N) is 3. The van der Waals surface area contributed by atoms with Gasteiger partial charge in [0.05, 0.1) is 12.6 Å². The molecule has 0 aliphatic rings. The number of tetrazole rings is 1. The van der Waals surface area contributed by atoms with E-state index >= 15 is 0 Å². The number of hydrogen-bond acceptors (Lipinski definition) is 5. The largest absolute Gasteiger partial charge is 0.311 e. The van der Waals surface area contributed by atoms with Crippen LogP contribution in [-0.2, 0) is 11.2 Å². The summed E-state index contributed by atoms with van der Waals surface area (Å²) < 4.78 is 0. The summed E-state index contributed by atoms with van der Waals surface area (Å²) in [6, 6.07) is 1.65. The van der Waals surface area contributed by atoms with Crippen LogP contribution in [0.25, 0.3) is 0 Å². The number of rotatable bonds is 3. The first-order valence-corrected chi connectivity index (χ1v) is 3.86. The number of anilines is 1. The Kier molecular flexibility index (Phi) is 2.17. The number of amides is 1. The lowest BCUT2D eigenvalue weighted by Crippen LogP contribution is -2.15. The summed E-state index contributed by atoms with van der Waals surface area (Å²) in [4.78, 5) is 11.3. The zero-order valence-corrected chi connectivity index (χ0v) is 7.06. The number of aromatic nitrogens is 6. The lowest BCUT2D eigenvalue weighted by molar-refractivity contribution is -0.115. The van der Waals surface area contributed by atoms with Crippen LogP contribution in [0.2, 0.25) is 0 Å². The van der Waals surface area contributed by atoms with Gasteiger partial charge in [0, 0.05) is 6.07 Å². The molecule has 0 unspecified atom stereocenters. The van der Waals surface area contributed by atoms with Gasteiger partial charge in [-0.05, 0) is 0 Å². The summed E-state index contributed by atoms with van der Waals surface area (Å²) in [7, 11) is 0. The third-order valence-corrected chi connectivity index (χ3v) is 1.48. The van der Waals surface area contributed by atoms with Gasteiger partial charge in [0.15, 0.2) is 5.82 Å². The van der Waals surface area contributed by atoms with E-state index in [1.165, 1.54) is 0 Å². The van der Waals surface area contributed by atoms with E-state index in [0.717, 1.165) is 0 Å². The van der Waals surface area contributed by atoms with E-state index in [2.05, 4.69) is 36.1 Å². The van der Waals surface area contributed by atoms with Crippen LogP contribution in [0, 0.1) is 0 Å². The first kappa shape index (κ1) is 8.35. The van der Waals surface area contributed by atoms with E-state index in [4.69, 9.17) is 0 Å². The molecule has 0 saturated heterocycles. The Labute approximate surface area is 78.1 Å². The van der Waals surface area contributed by atoms with Crippen LogP contribution in [0.3, 0.4) is 0 Å². The molecule has 2 rings (SSSR count). The van der Waals surface area contributed by atoms with Gasteiger partial charge in [-0.1, -0.05) is 5.21 Å². The van der Waals surface area contributed by atoms with Gasteiger partial charge >= 0.3 is 0 Å². The Hall–Kier alpha value is -2.25. The average molecular weight is 193 g/mol. The molecule has 0 radical (unpaired) electrons. The van der Waals surface area contributed by atoms with Crippen molar-refractivity contribution in [3.05, 3.63) is 18.1 Å². The SMILES string of the molecule is O=C(Cc1nn[nH]n1)Nc1ccn[nH]1. The Morgan fingerprint density at radius 2 is 2.50 bits per heavy atom. The first-order chi connectivity index (χ1) is 6.84. The minimum atomic E-state index is -0.226. The van der Waals surface area contributed by atoms with Crippen molar-refractivity contribution in [1.29, 1.82) is 0 Å². The molecule has 0 aromatic carbocycles. The van der Waals surface area contributed by atoms with Gasteiger partial charge in [0.2, 0.25) is 5.91 Å². The van der Waals surface area contributed by atoms with E-state index in [-0.39, 0.29) is 12.3 Å². The third kappa shape index (κ3) is 1.91. The minimum absolute atomic E-state index is 0.0789. The Balaban J connectivity index is 1.91. The van der Waals surface area contributed by atoms with Crippen LogP contribution in [0.1, 0.15) is 5.82 Å². The molecule has 0 atom stereocenters. The molecule has 2 heterocycles. The quantitative estimate of drug-likeness (QED) is 0.585. The van der Waals surface area contributed by atoms with E-state index in [1.54, 1.807) is 12.3 Å². The van der Waals surface area contributed by atoms with E-state index < -0.39 is 0 Å². The van der Waals surface area contributed by atoms with Crippen molar-refractivity contribution >= 4 is 11.7 Å². The maximum atomic E-state index is 11.3. The smallest absolute Gasteiger partial charge is 0.233 e. The summed E-state index contributed by atoms with van der Waals surface area (Å²) in [5, 5.41) is 21.8. The number of carbonyl (C=O) groups excluding carboxylic acids is 1. The van der Waals surface area contributed by atoms with Crippen molar-refractivity contribution in [2.75, 3.05) is 5.32 Å². The van der Waals surface area contributed by atoms with Crippen molar-refractivity contribution in [3.8, 4) is 0 Å². The molecule has 8 nitrogen and oxygen atoms in total. The number of hydrogen-bond donors (Lipinski definition) is 3. The molecule has 0 bridgehead atoms. The molecule has 14 heavy (non-hydrogen) atoms. The van der Waals surface area contributed by atoms with E-state index in [0.29, 0.717) is 11.6 Å². The predicted molar refractivity (Wildman–Crippen MR) is 45.1 cm³/mol. The van der Waals surface area contributed by atoms with Crippen molar-refractivity contribution in [1.82, 2.24) is 30.8 Å². The Morgan fingerprint density at radius 1 is 1.57 bits per heavy atom. The second-order valence-corrected chi connectivity index (χ2v) is 2.52. The molecule has 3 N–H and O–H groups in total. The van der Waals surface area contributed by atoms with Crippen molar-refractivity contribution in [3.63, 3.8) is 0 Å². The van der Waals surface area contributed by atoms with Gasteiger partial charge in [-0.2, -0.15) is 10.3 Å². The highest BCUT2D eigenvalue weighted by molar-refractivity contribution is 5.90. The van der Waals surface area contributed by atoms with Crippen molar-refractivity contribution in [2.24, 2.45) is 0 Å². The molecule has 0 aliphatic carbocycles. The van der Waals surface area contributed by atoms with Crippen molar-refractivity contribution < 1.29 is 4.79 Å². The predicted octanol–water partition coefficient (Wildman–Crippen LogP) is -0.896. The van der Waals surface area contributed by atoms with Gasteiger partial charge < -0.3 is 5.32 Å². The Bertz CT molecular complexity index is 354. The fourth-order valence-corrected chi connectivity index (χ4v) is 0.921. The lowest BCUT2D eigenvalue weighted by atomic mass is 10.4. The summed E-state index contributed by atoms with van der Waals surface area (Å²) >= 11 is 0. The molecule has 2 aromatic rings. The highest BCUT2D eigenvalue weighted by Gasteiger charge is 2.07. The maximum absolute atomic E-state index is 11.3. The molecule has 2 aromatic heterocycles. The molecule has 0 saturated carbocycles. The van der Waals surface area contributed by atoms with Crippen LogP contribution in [0.5, 0.6) is 0 Å². The van der Waals surface area contributed by atoms with Crippen LogP contribution in [0.15, 0.2) is 12.3 Å². The fourth-order valence-electron chi connectivity index (χ4n) is 0.921. The van der Waals surface area contributed by atoms with Crippen LogP contribution in [-0.4, -0.2) is 36.7 Å². The number of carbonyl (C=O) groups is 1. The van der Waals surface area contributed by atoms with Crippen LogP contribution < -0.4 is 5.32 Å². The number of H-pyrrole nitrogens is 2. The van der Waals surface area contributed by atoms with E-state index in [1.807, 2.05) is 0 Å². The molecule has 0 fully saturated rings. The summed E-state index contributed by atoms with van der Waals surface area (Å²) in [6.07, 6.45) is 1.62. The monoisotopic (exact) mass is 193 g/mol. The van der Waals surface area contributed by atoms with Gasteiger partial charge in [0.25, 0.3) is 0 Å². The summed E-state index contributed by atoms with van der Waals surface area (Å²) in [5.74, 6) is 0.663. The molecular formula is C6H7N7O. The minimum Gasteiger partial charge on any atom is -0.311 e. The fraction of sp³-hybridized carbons (Fsp3) is 0.167. The molecule has 8 heteroatoms. The summed E-state index contributed by atoms with van der Waals surface area (Å²) in [6.45, 7) is 0. The first-order valence-electron chi connectivity index (χ1n) is 3.86. The second kappa shape index (κ2) is 3.64. The van der Waals surface area contributed by atoms with Crippen LogP contribution in [0.4, 0.5) is 5.82 Å². The normalized spacial score (nSPS) is 10.0. The van der Waals surface area contributed by atoms with Crippen molar-refractivity contribution in [2.45, 2.75) is 6.42 Å². The van der Waals surface area contributed by atoms with Gasteiger partial charge in [-0.25, -0.2) is 0 Å². The lowest BCUT2D eigenvalue weighted by Gasteiger charge is -1.97. The highest BCUT2D eigenvalue weighted by Crippen LogP contribution is 1.99. The van der Waals surface area contributed by atoms with Gasteiger partial charge in [-0.15, -0.1) is 10.2 Å². The van der Waals surface area contributed by atoms with Gasteiger partial charge in [-0.3, -0.25) is 9.89 Å². The third-order valence-electron chi connectivity index (χ3n) is 1.48. The molecule has 72 valence electrons. The zero-order chi connectivity index (χ0) is 9.80. The molecule has 0 spiro atoms. The average Bonchev–Trinajstić information content (AvgIpc) is 2.76. The maximum Gasteiger partial charge on any atom is 0.233 e. The number of nitrogens with zero attached hydrogens (tertiary/aromatic N) is 4. The molecule has 1 amide bonds. The molecule has 0 aliphatic heterocycles. The zero-order valence-electron chi connectivity index (χ0n) is 7.06. The van der Waals surface area contributed by atoms with E-state index in [9.17, 15) is 4.79 Å². The second-order valence-electron chi connectivity index (χ2n) is 2.52. The number of aromatic amines is 2. The topological polar surface area (TPSA) is 112 Å². The standard InChI is InChI=1S/C6H7N7O/c14-6(3-5-10-12-13-11-5)8-4-1-2-7-9-4/h1-2H,3H2,(H2,7,8,9,14)(H,10,11,12,13). The summed E-state index contributed by atoms with van der Waals surface area (Å²) in [5.41, 5.74) is 0. The highest BCUT2D eigenvalue weighted by atomic mass is 16.1.